The number of anilines is 1. The van der Waals surface area contributed by atoms with Crippen molar-refractivity contribution in [2.24, 2.45) is 5.92 Å². The molecule has 144 valence electrons. The van der Waals surface area contributed by atoms with Crippen LogP contribution in [0.25, 0.3) is 16.9 Å². The number of hydrogen-bond donors (Lipinski definition) is 0. The van der Waals surface area contributed by atoms with Crippen molar-refractivity contribution >= 4 is 11.5 Å². The summed E-state index contributed by atoms with van der Waals surface area (Å²) in [5.74, 6) is 0.937. The van der Waals surface area contributed by atoms with Crippen molar-refractivity contribution in [1.82, 2.24) is 24.1 Å². The third-order valence-electron chi connectivity index (χ3n) is 5.11. The molecule has 0 N–H and O–H groups in total. The van der Waals surface area contributed by atoms with Crippen molar-refractivity contribution in [3.05, 3.63) is 87.8 Å². The van der Waals surface area contributed by atoms with E-state index in [2.05, 4.69) is 20.0 Å². The molecule has 4 aromatic rings. The molecule has 1 fully saturated rings. The van der Waals surface area contributed by atoms with Crippen LogP contribution in [0.1, 0.15) is 0 Å². The lowest BCUT2D eigenvalue weighted by Gasteiger charge is -2.40. The van der Waals surface area contributed by atoms with E-state index in [0.29, 0.717) is 18.0 Å². The average Bonchev–Trinajstić information content (AvgIpc) is 2.72. The molecule has 1 aliphatic rings. The fraction of sp³-hybridized carbons (Fsp3) is 0.190. The lowest BCUT2D eigenvalue weighted by molar-refractivity contribution is 0.333. The van der Waals surface area contributed by atoms with Crippen molar-refractivity contribution < 1.29 is 0 Å². The second kappa shape index (κ2) is 6.97. The molecular weight excluding hydrogens is 368 g/mol. The molecule has 0 aliphatic carbocycles. The molecule has 4 aromatic heterocycles. The Morgan fingerprint density at radius 1 is 0.966 bits per heavy atom. The summed E-state index contributed by atoms with van der Waals surface area (Å²) in [5, 5.41) is 4.51. The summed E-state index contributed by atoms with van der Waals surface area (Å²) >= 11 is 0. The standard InChI is InChI=1S/C21H18N6O2/c28-20-5-4-17(16-6-8-22-9-7-16)24-27(20)14-15-12-25(13-15)19-11-21(29)26-10-2-1-3-18(26)23-19/h1-11,15H,12-14H2. The highest BCUT2D eigenvalue weighted by atomic mass is 16.1. The van der Waals surface area contributed by atoms with Crippen LogP contribution in [0, 0.1) is 5.92 Å². The molecule has 0 radical (unpaired) electrons. The van der Waals surface area contributed by atoms with Crippen molar-refractivity contribution in [3.8, 4) is 11.3 Å². The lowest BCUT2D eigenvalue weighted by atomic mass is 10.0. The monoisotopic (exact) mass is 386 g/mol. The van der Waals surface area contributed by atoms with Gasteiger partial charge in [-0.05, 0) is 30.3 Å². The first kappa shape index (κ1) is 17.3. The van der Waals surface area contributed by atoms with Crippen molar-refractivity contribution in [3.63, 3.8) is 0 Å². The van der Waals surface area contributed by atoms with Gasteiger partial charge in [0.15, 0.2) is 0 Å². The van der Waals surface area contributed by atoms with E-state index < -0.39 is 0 Å². The van der Waals surface area contributed by atoms with Crippen LogP contribution in [-0.2, 0) is 6.54 Å². The molecule has 0 spiro atoms. The molecule has 0 amide bonds. The molecule has 1 saturated heterocycles. The van der Waals surface area contributed by atoms with Gasteiger partial charge in [0.05, 0.1) is 12.2 Å². The summed E-state index contributed by atoms with van der Waals surface area (Å²) in [6, 6.07) is 14.0. The summed E-state index contributed by atoms with van der Waals surface area (Å²) in [5.41, 5.74) is 2.07. The highest BCUT2D eigenvalue weighted by Crippen LogP contribution is 2.23. The first-order chi connectivity index (χ1) is 14.2. The van der Waals surface area contributed by atoms with Gasteiger partial charge < -0.3 is 4.90 Å². The normalized spacial score (nSPS) is 14.1. The van der Waals surface area contributed by atoms with Gasteiger partial charge in [-0.2, -0.15) is 5.10 Å². The molecule has 0 atom stereocenters. The van der Waals surface area contributed by atoms with E-state index in [9.17, 15) is 9.59 Å². The van der Waals surface area contributed by atoms with Gasteiger partial charge in [0.1, 0.15) is 11.5 Å². The summed E-state index contributed by atoms with van der Waals surface area (Å²) in [7, 11) is 0. The molecular formula is C21H18N6O2. The predicted molar refractivity (Wildman–Crippen MR) is 109 cm³/mol. The molecule has 5 heterocycles. The first-order valence-electron chi connectivity index (χ1n) is 9.39. The quantitative estimate of drug-likeness (QED) is 0.528. The zero-order valence-electron chi connectivity index (χ0n) is 15.5. The third kappa shape index (κ3) is 3.29. The van der Waals surface area contributed by atoms with Gasteiger partial charge in [-0.1, -0.05) is 6.07 Å². The molecule has 0 aromatic carbocycles. The number of nitrogens with zero attached hydrogens (tertiary/aromatic N) is 6. The zero-order valence-corrected chi connectivity index (χ0v) is 15.5. The Balaban J connectivity index is 1.32. The maximum absolute atomic E-state index is 12.3. The molecule has 0 saturated carbocycles. The Labute approximate surface area is 165 Å². The number of fused-ring (bicyclic) bond motifs is 1. The van der Waals surface area contributed by atoms with E-state index >= 15 is 0 Å². The van der Waals surface area contributed by atoms with Gasteiger partial charge in [0, 0.05) is 55.3 Å². The van der Waals surface area contributed by atoms with Crippen molar-refractivity contribution in [2.75, 3.05) is 18.0 Å². The Morgan fingerprint density at radius 2 is 1.79 bits per heavy atom. The fourth-order valence-electron chi connectivity index (χ4n) is 3.58. The summed E-state index contributed by atoms with van der Waals surface area (Å²) in [4.78, 5) is 35.1. The molecule has 1 aliphatic heterocycles. The van der Waals surface area contributed by atoms with E-state index in [-0.39, 0.29) is 17.0 Å². The second-order valence-electron chi connectivity index (χ2n) is 7.13. The Morgan fingerprint density at radius 3 is 2.62 bits per heavy atom. The second-order valence-corrected chi connectivity index (χ2v) is 7.13. The van der Waals surface area contributed by atoms with E-state index in [0.717, 1.165) is 24.3 Å². The summed E-state index contributed by atoms with van der Waals surface area (Å²) in [6.45, 7) is 1.98. The van der Waals surface area contributed by atoms with Gasteiger partial charge in [0.2, 0.25) is 0 Å². The van der Waals surface area contributed by atoms with Gasteiger partial charge in [0.25, 0.3) is 11.1 Å². The number of rotatable bonds is 4. The van der Waals surface area contributed by atoms with Crippen molar-refractivity contribution in [1.29, 1.82) is 0 Å². The Kier molecular flexibility index (Phi) is 4.16. The highest BCUT2D eigenvalue weighted by molar-refractivity contribution is 5.57. The topological polar surface area (TPSA) is 85.4 Å². The molecule has 0 bridgehead atoms. The predicted octanol–water partition coefficient (Wildman–Crippen LogP) is 1.45. The van der Waals surface area contributed by atoms with Crippen LogP contribution in [-0.4, -0.2) is 37.2 Å². The highest BCUT2D eigenvalue weighted by Gasteiger charge is 2.29. The van der Waals surface area contributed by atoms with E-state index in [1.165, 1.54) is 9.08 Å². The number of hydrogen-bond acceptors (Lipinski definition) is 6. The van der Waals surface area contributed by atoms with E-state index in [1.54, 1.807) is 42.9 Å². The van der Waals surface area contributed by atoms with Crippen LogP contribution >= 0.6 is 0 Å². The van der Waals surface area contributed by atoms with Gasteiger partial charge in [-0.25, -0.2) is 9.67 Å². The van der Waals surface area contributed by atoms with Crippen LogP contribution in [0.5, 0.6) is 0 Å². The molecule has 8 heteroatoms. The van der Waals surface area contributed by atoms with Gasteiger partial charge in [-0.15, -0.1) is 0 Å². The summed E-state index contributed by atoms with van der Waals surface area (Å²) < 4.78 is 3.04. The van der Waals surface area contributed by atoms with Crippen molar-refractivity contribution in [2.45, 2.75) is 6.54 Å². The smallest absolute Gasteiger partial charge is 0.266 e. The third-order valence-corrected chi connectivity index (χ3v) is 5.11. The molecule has 8 nitrogen and oxygen atoms in total. The molecule has 0 unspecified atom stereocenters. The van der Waals surface area contributed by atoms with Crippen LogP contribution in [0.4, 0.5) is 5.82 Å². The number of aromatic nitrogens is 5. The van der Waals surface area contributed by atoms with Crippen LogP contribution in [0.3, 0.4) is 0 Å². The van der Waals surface area contributed by atoms with E-state index in [4.69, 9.17) is 0 Å². The Bertz CT molecular complexity index is 1290. The molecule has 29 heavy (non-hydrogen) atoms. The lowest BCUT2D eigenvalue weighted by Crippen LogP contribution is -2.50. The van der Waals surface area contributed by atoms with Crippen LogP contribution < -0.4 is 16.0 Å². The van der Waals surface area contributed by atoms with Gasteiger partial charge >= 0.3 is 0 Å². The first-order valence-corrected chi connectivity index (χ1v) is 9.39. The Hall–Kier alpha value is -3.81. The van der Waals surface area contributed by atoms with Gasteiger partial charge in [-0.3, -0.25) is 19.0 Å². The largest absolute Gasteiger partial charge is 0.356 e. The minimum atomic E-state index is -0.122. The fourth-order valence-corrected chi connectivity index (χ4v) is 3.58. The molecule has 5 rings (SSSR count). The average molecular weight is 386 g/mol. The maximum atomic E-state index is 12.3. The van der Waals surface area contributed by atoms with Crippen LogP contribution in [0.2, 0.25) is 0 Å². The number of pyridine rings is 2. The summed E-state index contributed by atoms with van der Waals surface area (Å²) in [6.07, 6.45) is 5.12. The van der Waals surface area contributed by atoms with Crippen LogP contribution in [0.15, 0.2) is 76.7 Å². The minimum absolute atomic E-state index is 0.100. The maximum Gasteiger partial charge on any atom is 0.266 e. The zero-order chi connectivity index (χ0) is 19.8. The minimum Gasteiger partial charge on any atom is -0.356 e. The SMILES string of the molecule is O=c1ccc(-c2ccncc2)nn1CC1CN(c2cc(=O)n3ccccc3n2)C1. The van der Waals surface area contributed by atoms with E-state index in [1.807, 2.05) is 24.3 Å².